The molecule has 1 aromatic heterocycles. The summed E-state index contributed by atoms with van der Waals surface area (Å²) in [6.45, 7) is 1.54. The number of hydrazone groups is 1. The molecule has 0 atom stereocenters. The van der Waals surface area contributed by atoms with E-state index in [-0.39, 0.29) is 28.9 Å². The molecule has 0 fully saturated rings. The number of rotatable bonds is 6. The molecule has 0 saturated heterocycles. The predicted molar refractivity (Wildman–Crippen MR) is 115 cm³/mol. The van der Waals surface area contributed by atoms with Crippen molar-refractivity contribution in [1.29, 1.82) is 0 Å². The molecule has 10 heteroatoms. The number of anilines is 3. The van der Waals surface area contributed by atoms with Crippen LogP contribution >= 0.6 is 15.9 Å². The Morgan fingerprint density at radius 1 is 1.24 bits per heavy atom. The number of phenolic OH excluding ortho intramolecular Hbond substituents is 1. The fraction of sp³-hybridized carbons (Fsp3) is 0.105. The molecule has 0 aliphatic heterocycles. The first-order valence-corrected chi connectivity index (χ1v) is 9.25. The molecule has 0 radical (unpaired) electrons. The van der Waals surface area contributed by atoms with E-state index < -0.39 is 4.92 Å². The molecular formula is C19H17BrN6O3. The van der Waals surface area contributed by atoms with E-state index in [2.05, 4.69) is 36.4 Å². The average Bonchev–Trinajstić information content (AvgIpc) is 2.70. The van der Waals surface area contributed by atoms with E-state index in [1.807, 2.05) is 30.3 Å². The zero-order valence-electron chi connectivity index (χ0n) is 15.6. The standard InChI is InChI=1S/C19H17BrN6O3/c1-12-17(26(28)29)18(25(2)15-6-4-3-5-7-15)23-19(22-12)24-21-11-13-10-14(20)8-9-16(13)27/h3-11,27H,1-2H3,(H,22,23,24). The number of para-hydroxylation sites is 1. The molecule has 0 aliphatic rings. The third-order valence-corrected chi connectivity index (χ3v) is 4.53. The van der Waals surface area contributed by atoms with Crippen molar-refractivity contribution in [2.24, 2.45) is 5.10 Å². The van der Waals surface area contributed by atoms with E-state index in [1.165, 1.54) is 19.2 Å². The highest BCUT2D eigenvalue weighted by molar-refractivity contribution is 9.10. The number of halogens is 1. The van der Waals surface area contributed by atoms with Gasteiger partial charge in [0.05, 0.1) is 11.1 Å². The van der Waals surface area contributed by atoms with E-state index in [4.69, 9.17) is 0 Å². The summed E-state index contributed by atoms with van der Waals surface area (Å²) in [5.41, 5.74) is 3.90. The first kappa shape index (κ1) is 20.2. The summed E-state index contributed by atoms with van der Waals surface area (Å²) in [5, 5.41) is 25.5. The summed E-state index contributed by atoms with van der Waals surface area (Å²) in [4.78, 5) is 21.1. The Hall–Kier alpha value is -3.53. The third kappa shape index (κ3) is 4.66. The van der Waals surface area contributed by atoms with Crippen LogP contribution in [-0.4, -0.2) is 33.3 Å². The first-order chi connectivity index (χ1) is 13.9. The molecule has 29 heavy (non-hydrogen) atoms. The molecule has 0 aliphatic carbocycles. The van der Waals surface area contributed by atoms with Crippen LogP contribution in [0.1, 0.15) is 11.3 Å². The van der Waals surface area contributed by atoms with E-state index in [1.54, 1.807) is 24.1 Å². The number of aryl methyl sites for hydroxylation is 1. The number of nitro groups is 1. The van der Waals surface area contributed by atoms with Gasteiger partial charge in [-0.15, -0.1) is 0 Å². The molecule has 2 aromatic carbocycles. The maximum absolute atomic E-state index is 11.6. The Labute approximate surface area is 175 Å². The van der Waals surface area contributed by atoms with Crippen molar-refractivity contribution in [3.8, 4) is 5.75 Å². The summed E-state index contributed by atoms with van der Waals surface area (Å²) in [6, 6.07) is 14.1. The van der Waals surface area contributed by atoms with Gasteiger partial charge in [0, 0.05) is 22.8 Å². The van der Waals surface area contributed by atoms with Crippen LogP contribution in [0, 0.1) is 17.0 Å². The molecule has 1 heterocycles. The van der Waals surface area contributed by atoms with Crippen molar-refractivity contribution in [3.05, 3.63) is 74.4 Å². The third-order valence-electron chi connectivity index (χ3n) is 4.04. The van der Waals surface area contributed by atoms with Gasteiger partial charge in [0.2, 0.25) is 11.8 Å². The van der Waals surface area contributed by atoms with E-state index in [9.17, 15) is 15.2 Å². The van der Waals surface area contributed by atoms with Crippen molar-refractivity contribution < 1.29 is 10.0 Å². The molecule has 0 unspecified atom stereocenters. The zero-order valence-corrected chi connectivity index (χ0v) is 17.2. The van der Waals surface area contributed by atoms with Gasteiger partial charge in [0.1, 0.15) is 11.4 Å². The van der Waals surface area contributed by atoms with Crippen molar-refractivity contribution in [2.45, 2.75) is 6.92 Å². The summed E-state index contributed by atoms with van der Waals surface area (Å²) in [5.74, 6) is 0.289. The molecule has 0 bridgehead atoms. The second-order valence-electron chi connectivity index (χ2n) is 6.03. The van der Waals surface area contributed by atoms with Gasteiger partial charge in [-0.05, 0) is 37.3 Å². The van der Waals surface area contributed by atoms with Crippen molar-refractivity contribution in [2.75, 3.05) is 17.4 Å². The summed E-state index contributed by atoms with van der Waals surface area (Å²) >= 11 is 3.32. The van der Waals surface area contributed by atoms with E-state index in [0.29, 0.717) is 5.56 Å². The van der Waals surface area contributed by atoms with E-state index in [0.717, 1.165) is 10.2 Å². The lowest BCUT2D eigenvalue weighted by Crippen LogP contribution is -2.16. The highest BCUT2D eigenvalue weighted by Crippen LogP contribution is 2.33. The molecular weight excluding hydrogens is 440 g/mol. The summed E-state index contributed by atoms with van der Waals surface area (Å²) in [7, 11) is 1.69. The topological polar surface area (TPSA) is 117 Å². The van der Waals surface area contributed by atoms with Crippen LogP contribution in [0.25, 0.3) is 0 Å². The van der Waals surface area contributed by atoms with Crippen molar-refractivity contribution in [1.82, 2.24) is 9.97 Å². The maximum atomic E-state index is 11.6. The molecule has 3 rings (SSSR count). The van der Waals surface area contributed by atoms with Gasteiger partial charge in [0.25, 0.3) is 0 Å². The van der Waals surface area contributed by atoms with Gasteiger partial charge < -0.3 is 10.0 Å². The van der Waals surface area contributed by atoms with Gasteiger partial charge in [-0.3, -0.25) is 10.1 Å². The van der Waals surface area contributed by atoms with Gasteiger partial charge in [0.15, 0.2) is 0 Å². The van der Waals surface area contributed by atoms with Gasteiger partial charge in [-0.1, -0.05) is 34.1 Å². The van der Waals surface area contributed by atoms with Crippen molar-refractivity contribution >= 4 is 45.3 Å². The Bertz CT molecular complexity index is 1080. The second-order valence-corrected chi connectivity index (χ2v) is 6.95. The lowest BCUT2D eigenvalue weighted by molar-refractivity contribution is -0.385. The van der Waals surface area contributed by atoms with Crippen LogP contribution in [0.5, 0.6) is 5.75 Å². The molecule has 0 spiro atoms. The smallest absolute Gasteiger partial charge is 0.333 e. The lowest BCUT2D eigenvalue weighted by atomic mass is 10.2. The highest BCUT2D eigenvalue weighted by atomic mass is 79.9. The Morgan fingerprint density at radius 2 is 1.97 bits per heavy atom. The van der Waals surface area contributed by atoms with Gasteiger partial charge in [-0.25, -0.2) is 10.4 Å². The number of benzene rings is 2. The quantitative estimate of drug-likeness (QED) is 0.321. The predicted octanol–water partition coefficient (Wildman–Crippen LogP) is 4.38. The second kappa shape index (κ2) is 8.65. The monoisotopic (exact) mass is 456 g/mol. The number of hydrogen-bond acceptors (Lipinski definition) is 8. The van der Waals surface area contributed by atoms with Crippen LogP contribution in [0.4, 0.5) is 23.1 Å². The van der Waals surface area contributed by atoms with Gasteiger partial charge >= 0.3 is 5.69 Å². The Balaban J connectivity index is 1.94. The number of hydrogen-bond donors (Lipinski definition) is 2. The molecule has 3 aromatic rings. The van der Waals surface area contributed by atoms with E-state index >= 15 is 0 Å². The average molecular weight is 457 g/mol. The molecule has 9 nitrogen and oxygen atoms in total. The van der Waals surface area contributed by atoms with Crippen LogP contribution < -0.4 is 10.3 Å². The molecule has 2 N–H and O–H groups in total. The van der Waals surface area contributed by atoms with Gasteiger partial charge in [-0.2, -0.15) is 10.1 Å². The molecule has 0 saturated carbocycles. The number of aromatic hydroxyl groups is 1. The number of phenols is 1. The lowest BCUT2D eigenvalue weighted by Gasteiger charge is -2.19. The zero-order chi connectivity index (χ0) is 21.0. The van der Waals surface area contributed by atoms with Crippen LogP contribution in [0.2, 0.25) is 0 Å². The molecule has 0 amide bonds. The van der Waals surface area contributed by atoms with Crippen LogP contribution in [0.15, 0.2) is 58.1 Å². The number of nitrogens with one attached hydrogen (secondary N) is 1. The Kier molecular flexibility index (Phi) is 6.03. The first-order valence-electron chi connectivity index (χ1n) is 8.46. The minimum atomic E-state index is -0.503. The van der Waals surface area contributed by atoms with Crippen LogP contribution in [-0.2, 0) is 0 Å². The summed E-state index contributed by atoms with van der Waals surface area (Å²) in [6.07, 6.45) is 1.40. The minimum absolute atomic E-state index is 0.0593. The van der Waals surface area contributed by atoms with Crippen LogP contribution in [0.3, 0.4) is 0 Å². The maximum Gasteiger partial charge on any atom is 0.333 e. The fourth-order valence-electron chi connectivity index (χ4n) is 2.61. The number of aromatic nitrogens is 2. The minimum Gasteiger partial charge on any atom is -0.507 e. The normalized spacial score (nSPS) is 10.9. The summed E-state index contributed by atoms with van der Waals surface area (Å²) < 4.78 is 0.783. The fourth-order valence-corrected chi connectivity index (χ4v) is 2.99. The SMILES string of the molecule is Cc1nc(NN=Cc2cc(Br)ccc2O)nc(N(C)c2ccccc2)c1[N+](=O)[O-]. The largest absolute Gasteiger partial charge is 0.507 e. The highest BCUT2D eigenvalue weighted by Gasteiger charge is 2.25. The number of nitrogens with zero attached hydrogens (tertiary/aromatic N) is 5. The molecule has 148 valence electrons. The Morgan fingerprint density at radius 3 is 2.66 bits per heavy atom. The van der Waals surface area contributed by atoms with Crippen molar-refractivity contribution in [3.63, 3.8) is 0 Å².